The number of rotatable bonds is 1. The Kier molecular flexibility index (Phi) is 3.30. The van der Waals surface area contributed by atoms with Crippen molar-refractivity contribution in [1.82, 2.24) is 4.98 Å². The van der Waals surface area contributed by atoms with Crippen LogP contribution in [0, 0.1) is 0 Å². The summed E-state index contributed by atoms with van der Waals surface area (Å²) in [6, 6.07) is 23.7. The van der Waals surface area contributed by atoms with Gasteiger partial charge in [-0.3, -0.25) is 0 Å². The van der Waals surface area contributed by atoms with Gasteiger partial charge in [-0.05, 0) is 40.1 Å². The third-order valence-corrected chi connectivity index (χ3v) is 5.87. The minimum absolute atomic E-state index is 1.06. The molecule has 1 aromatic heterocycles. The molecule has 2 heterocycles. The zero-order valence-electron chi connectivity index (χ0n) is 13.3. The van der Waals surface area contributed by atoms with Gasteiger partial charge in [0.15, 0.2) is 0 Å². The van der Waals surface area contributed by atoms with Crippen molar-refractivity contribution in [3.8, 4) is 11.3 Å². The van der Waals surface area contributed by atoms with E-state index in [9.17, 15) is 0 Å². The van der Waals surface area contributed by atoms with Gasteiger partial charge in [0.1, 0.15) is 0 Å². The highest BCUT2D eigenvalue weighted by Gasteiger charge is 2.20. The van der Waals surface area contributed by atoms with Crippen LogP contribution < -0.4 is 0 Å². The van der Waals surface area contributed by atoms with Crippen LogP contribution in [0.15, 0.2) is 66.7 Å². The van der Waals surface area contributed by atoms with E-state index in [1.807, 2.05) is 11.8 Å². The fraction of sp³-hybridized carbons (Fsp3) is 0.136. The van der Waals surface area contributed by atoms with Crippen LogP contribution >= 0.6 is 11.8 Å². The second-order valence-electron chi connectivity index (χ2n) is 6.27. The summed E-state index contributed by atoms with van der Waals surface area (Å²) in [7, 11) is 0. The lowest BCUT2D eigenvalue weighted by molar-refractivity contribution is 1.09. The number of fused-ring (bicyclic) bond motifs is 5. The van der Waals surface area contributed by atoms with E-state index < -0.39 is 0 Å². The second-order valence-corrected chi connectivity index (χ2v) is 7.37. The van der Waals surface area contributed by atoms with Gasteiger partial charge in [-0.1, -0.05) is 60.7 Å². The Morgan fingerprint density at radius 1 is 0.792 bits per heavy atom. The molecule has 1 aliphatic rings. The van der Waals surface area contributed by atoms with Gasteiger partial charge >= 0.3 is 0 Å². The highest BCUT2D eigenvalue weighted by atomic mass is 32.2. The second kappa shape index (κ2) is 5.64. The zero-order chi connectivity index (χ0) is 15.9. The molecule has 0 saturated carbocycles. The van der Waals surface area contributed by atoms with Crippen LogP contribution in [0.25, 0.3) is 32.9 Å². The van der Waals surface area contributed by atoms with Gasteiger partial charge in [0.25, 0.3) is 0 Å². The number of aromatic nitrogens is 1. The number of hydrogen-bond donors (Lipinski definition) is 0. The summed E-state index contributed by atoms with van der Waals surface area (Å²) >= 11 is 2.02. The van der Waals surface area contributed by atoms with Gasteiger partial charge < -0.3 is 0 Å². The quantitative estimate of drug-likeness (QED) is 0.407. The molecule has 116 valence electrons. The van der Waals surface area contributed by atoms with E-state index in [0.717, 1.165) is 17.7 Å². The molecule has 0 N–H and O–H groups in total. The first kappa shape index (κ1) is 14.1. The molecule has 0 unspecified atom stereocenters. The van der Waals surface area contributed by atoms with Crippen LogP contribution in [0.2, 0.25) is 0 Å². The standard InChI is InChI=1S/C22H17NS/c1-2-7-16(8-3-1)22-19-14-24-13-12-18(19)21-17-9-5-4-6-15(17)10-11-20(21)23-22/h1-11H,12-14H2. The molecule has 1 nitrogen and oxygen atoms in total. The molecular formula is C22H17NS. The van der Waals surface area contributed by atoms with Crippen molar-refractivity contribution in [2.24, 2.45) is 0 Å². The summed E-state index contributed by atoms with van der Waals surface area (Å²) in [6.07, 6.45) is 1.13. The fourth-order valence-electron chi connectivity index (χ4n) is 3.77. The Morgan fingerprint density at radius 2 is 1.62 bits per heavy atom. The molecule has 0 bridgehead atoms. The van der Waals surface area contributed by atoms with Gasteiger partial charge in [-0.25, -0.2) is 4.98 Å². The Bertz CT molecular complexity index is 1050. The van der Waals surface area contributed by atoms with Crippen LogP contribution in [0.5, 0.6) is 0 Å². The molecule has 0 radical (unpaired) electrons. The summed E-state index contributed by atoms with van der Waals surface area (Å²) in [5.74, 6) is 2.26. The first-order valence-electron chi connectivity index (χ1n) is 8.38. The van der Waals surface area contributed by atoms with Crippen molar-refractivity contribution >= 4 is 33.4 Å². The Hall–Kier alpha value is -2.32. The first-order valence-corrected chi connectivity index (χ1v) is 9.54. The average molecular weight is 327 g/mol. The van der Waals surface area contributed by atoms with Gasteiger partial charge in [-0.15, -0.1) is 0 Å². The molecule has 5 rings (SSSR count). The van der Waals surface area contributed by atoms with Crippen molar-refractivity contribution in [3.05, 3.63) is 77.9 Å². The predicted molar refractivity (Wildman–Crippen MR) is 105 cm³/mol. The number of benzene rings is 3. The SMILES string of the molecule is c1ccc(-c2nc3ccc4ccccc4c3c3c2CSCC3)cc1. The van der Waals surface area contributed by atoms with E-state index in [1.165, 1.54) is 44.3 Å². The molecule has 0 atom stereocenters. The van der Waals surface area contributed by atoms with Crippen molar-refractivity contribution in [3.63, 3.8) is 0 Å². The van der Waals surface area contributed by atoms with E-state index in [2.05, 4.69) is 66.7 Å². The van der Waals surface area contributed by atoms with Crippen molar-refractivity contribution < 1.29 is 0 Å². The Labute approximate surface area is 145 Å². The van der Waals surface area contributed by atoms with Crippen LogP contribution in [0.4, 0.5) is 0 Å². The molecule has 3 aromatic carbocycles. The number of aryl methyl sites for hydroxylation is 1. The minimum Gasteiger partial charge on any atom is -0.247 e. The maximum atomic E-state index is 5.10. The van der Waals surface area contributed by atoms with Crippen LogP contribution in [-0.2, 0) is 12.2 Å². The van der Waals surface area contributed by atoms with Crippen LogP contribution in [0.3, 0.4) is 0 Å². The predicted octanol–water partition coefficient (Wildman–Crippen LogP) is 5.84. The van der Waals surface area contributed by atoms with E-state index in [4.69, 9.17) is 4.98 Å². The smallest absolute Gasteiger partial charge is 0.0752 e. The monoisotopic (exact) mass is 327 g/mol. The molecule has 24 heavy (non-hydrogen) atoms. The first-order chi connectivity index (χ1) is 11.9. The van der Waals surface area contributed by atoms with Crippen LogP contribution in [0.1, 0.15) is 11.1 Å². The number of hydrogen-bond acceptors (Lipinski definition) is 2. The van der Waals surface area contributed by atoms with E-state index in [-0.39, 0.29) is 0 Å². The van der Waals surface area contributed by atoms with E-state index in [0.29, 0.717) is 0 Å². The van der Waals surface area contributed by atoms with Crippen molar-refractivity contribution in [2.45, 2.75) is 12.2 Å². The van der Waals surface area contributed by atoms with E-state index in [1.54, 1.807) is 0 Å². The van der Waals surface area contributed by atoms with Crippen molar-refractivity contribution in [2.75, 3.05) is 5.75 Å². The summed E-state index contributed by atoms with van der Waals surface area (Å²) in [5, 5.41) is 4.01. The minimum atomic E-state index is 1.06. The van der Waals surface area contributed by atoms with Gasteiger partial charge in [0.2, 0.25) is 0 Å². The molecule has 1 aliphatic heterocycles. The molecule has 0 fully saturated rings. The molecule has 0 amide bonds. The number of pyridine rings is 1. The zero-order valence-corrected chi connectivity index (χ0v) is 14.1. The van der Waals surface area contributed by atoms with Gasteiger partial charge in [-0.2, -0.15) is 11.8 Å². The molecule has 4 aromatic rings. The number of thioether (sulfide) groups is 1. The molecule has 0 aliphatic carbocycles. The lowest BCUT2D eigenvalue weighted by Gasteiger charge is -2.22. The normalized spacial score (nSPS) is 14.0. The molecular weight excluding hydrogens is 310 g/mol. The number of nitrogens with zero attached hydrogens (tertiary/aromatic N) is 1. The molecule has 0 spiro atoms. The maximum Gasteiger partial charge on any atom is 0.0752 e. The topological polar surface area (TPSA) is 12.9 Å². The Balaban J connectivity index is 1.92. The largest absolute Gasteiger partial charge is 0.247 e. The maximum absolute atomic E-state index is 5.10. The highest BCUT2D eigenvalue weighted by molar-refractivity contribution is 7.98. The lowest BCUT2D eigenvalue weighted by atomic mass is 9.93. The molecule has 0 saturated heterocycles. The van der Waals surface area contributed by atoms with Gasteiger partial charge in [0, 0.05) is 16.7 Å². The highest BCUT2D eigenvalue weighted by Crippen LogP contribution is 2.39. The lowest BCUT2D eigenvalue weighted by Crippen LogP contribution is -2.07. The molecule has 2 heteroatoms. The summed E-state index contributed by atoms with van der Waals surface area (Å²) in [5.41, 5.74) is 6.46. The van der Waals surface area contributed by atoms with Crippen molar-refractivity contribution in [1.29, 1.82) is 0 Å². The van der Waals surface area contributed by atoms with E-state index >= 15 is 0 Å². The third-order valence-electron chi connectivity index (χ3n) is 4.88. The summed E-state index contributed by atoms with van der Waals surface area (Å²) in [4.78, 5) is 5.10. The van der Waals surface area contributed by atoms with Gasteiger partial charge in [0.05, 0.1) is 11.2 Å². The Morgan fingerprint density at radius 3 is 2.54 bits per heavy atom. The average Bonchev–Trinajstić information content (AvgIpc) is 2.67. The fourth-order valence-corrected chi connectivity index (χ4v) is 4.77. The third kappa shape index (κ3) is 2.14. The van der Waals surface area contributed by atoms with Crippen LogP contribution in [-0.4, -0.2) is 10.7 Å². The summed E-state index contributed by atoms with van der Waals surface area (Å²) < 4.78 is 0. The summed E-state index contributed by atoms with van der Waals surface area (Å²) in [6.45, 7) is 0.